The van der Waals surface area contributed by atoms with E-state index in [2.05, 4.69) is 15.0 Å². The first-order valence-corrected chi connectivity index (χ1v) is 9.92. The van der Waals surface area contributed by atoms with Gasteiger partial charge in [0.1, 0.15) is 0 Å². The fraction of sp³-hybridized carbons (Fsp3) is 0.333. The van der Waals surface area contributed by atoms with Crippen molar-refractivity contribution in [1.82, 2.24) is 15.0 Å². The molecule has 8 nitrogen and oxygen atoms in total. The van der Waals surface area contributed by atoms with Crippen LogP contribution in [0.3, 0.4) is 0 Å². The van der Waals surface area contributed by atoms with Gasteiger partial charge in [-0.15, -0.1) is 0 Å². The van der Waals surface area contributed by atoms with Crippen molar-refractivity contribution in [1.29, 1.82) is 0 Å². The van der Waals surface area contributed by atoms with Crippen molar-refractivity contribution in [2.24, 2.45) is 0 Å². The maximum Gasteiger partial charge on any atom is 0.224 e. The zero-order valence-electron chi connectivity index (χ0n) is 15.3. The largest absolute Gasteiger partial charge is 0.493 e. The zero-order valence-corrected chi connectivity index (χ0v) is 16.1. The molecule has 0 bridgehead atoms. The molecule has 1 aromatic heterocycles. The molecule has 9 heteroatoms. The van der Waals surface area contributed by atoms with Crippen molar-refractivity contribution < 1.29 is 22.7 Å². The second kappa shape index (κ2) is 9.89. The average molecular weight is 393 g/mol. The molecule has 0 unspecified atom stereocenters. The first-order chi connectivity index (χ1) is 12.9. The number of ether oxygens (including phenoxy) is 2. The molecule has 2 rings (SSSR count). The molecule has 2 N–H and O–H groups in total. The highest BCUT2D eigenvalue weighted by Gasteiger charge is 2.12. The van der Waals surface area contributed by atoms with Gasteiger partial charge in [-0.25, -0.2) is 13.1 Å². The number of amides is 1. The van der Waals surface area contributed by atoms with Crippen LogP contribution in [0.1, 0.15) is 11.1 Å². The molecular formula is C18H23N3O5S. The second-order valence-electron chi connectivity index (χ2n) is 5.72. The van der Waals surface area contributed by atoms with Crippen LogP contribution in [0.25, 0.3) is 0 Å². The highest BCUT2D eigenvalue weighted by molar-refractivity contribution is 7.89. The molecule has 0 aliphatic carbocycles. The molecule has 0 spiro atoms. The summed E-state index contributed by atoms with van der Waals surface area (Å²) in [5.41, 5.74) is 1.50. The molecule has 0 aliphatic heterocycles. The van der Waals surface area contributed by atoms with Crippen LogP contribution in [0.15, 0.2) is 42.7 Å². The van der Waals surface area contributed by atoms with Gasteiger partial charge in [-0.2, -0.15) is 0 Å². The summed E-state index contributed by atoms with van der Waals surface area (Å²) in [6.45, 7) is 0.185. The number of carbonyl (C=O) groups excluding carboxylic acids is 1. The molecule has 146 valence electrons. The Hall–Kier alpha value is -2.65. The van der Waals surface area contributed by atoms with Gasteiger partial charge in [0.25, 0.3) is 0 Å². The lowest BCUT2D eigenvalue weighted by molar-refractivity contribution is -0.120. The van der Waals surface area contributed by atoms with Crippen LogP contribution >= 0.6 is 0 Å². The van der Waals surface area contributed by atoms with Gasteiger partial charge >= 0.3 is 0 Å². The minimum absolute atomic E-state index is 0.0223. The van der Waals surface area contributed by atoms with E-state index in [1.54, 1.807) is 42.7 Å². The number of pyridine rings is 1. The fourth-order valence-electron chi connectivity index (χ4n) is 2.33. The van der Waals surface area contributed by atoms with Crippen molar-refractivity contribution >= 4 is 15.9 Å². The van der Waals surface area contributed by atoms with Crippen LogP contribution in [0, 0.1) is 0 Å². The number of methoxy groups -OCH3 is 2. The van der Waals surface area contributed by atoms with E-state index >= 15 is 0 Å². The Morgan fingerprint density at radius 2 is 1.89 bits per heavy atom. The lowest BCUT2D eigenvalue weighted by Gasteiger charge is -2.10. The lowest BCUT2D eigenvalue weighted by atomic mass is 10.1. The Morgan fingerprint density at radius 1 is 1.11 bits per heavy atom. The van der Waals surface area contributed by atoms with E-state index in [4.69, 9.17) is 9.47 Å². The first kappa shape index (κ1) is 20.7. The van der Waals surface area contributed by atoms with Crippen LogP contribution in [0.2, 0.25) is 0 Å². The molecule has 1 heterocycles. The predicted molar refractivity (Wildman–Crippen MR) is 101 cm³/mol. The summed E-state index contributed by atoms with van der Waals surface area (Å²) in [5.74, 6) is 0.632. The van der Waals surface area contributed by atoms with E-state index in [-0.39, 0.29) is 31.2 Å². The summed E-state index contributed by atoms with van der Waals surface area (Å²) in [4.78, 5) is 16.0. The molecule has 0 saturated heterocycles. The minimum Gasteiger partial charge on any atom is -0.493 e. The fourth-order valence-corrected chi connectivity index (χ4v) is 3.23. The zero-order chi connectivity index (χ0) is 19.7. The van der Waals surface area contributed by atoms with E-state index in [1.807, 2.05) is 0 Å². The van der Waals surface area contributed by atoms with Gasteiger partial charge in [0.05, 0.1) is 26.4 Å². The normalized spacial score (nSPS) is 11.0. The smallest absolute Gasteiger partial charge is 0.224 e. The SMILES string of the molecule is COc1ccc(CC(=O)NCCS(=O)(=O)NCc2cccnc2)cc1OC. The van der Waals surface area contributed by atoms with E-state index in [1.165, 1.54) is 14.2 Å². The Kier molecular flexibility index (Phi) is 7.56. The number of sulfonamides is 1. The average Bonchev–Trinajstić information content (AvgIpc) is 2.67. The van der Waals surface area contributed by atoms with Gasteiger partial charge in [0.2, 0.25) is 15.9 Å². The number of aromatic nitrogens is 1. The number of benzene rings is 1. The summed E-state index contributed by atoms with van der Waals surface area (Å²) in [5, 5.41) is 2.61. The standard InChI is InChI=1S/C18H23N3O5S/c1-25-16-6-5-14(10-17(16)26-2)11-18(22)20-8-9-27(23,24)21-13-15-4-3-7-19-12-15/h3-7,10,12,21H,8-9,11,13H2,1-2H3,(H,20,22). The molecule has 27 heavy (non-hydrogen) atoms. The molecule has 0 saturated carbocycles. The monoisotopic (exact) mass is 393 g/mol. The predicted octanol–water partition coefficient (Wildman–Crippen LogP) is 0.877. The molecule has 0 atom stereocenters. The van der Waals surface area contributed by atoms with Crippen molar-refractivity contribution in [3.05, 3.63) is 53.9 Å². The van der Waals surface area contributed by atoms with Crippen molar-refractivity contribution in [2.45, 2.75) is 13.0 Å². The molecule has 0 radical (unpaired) electrons. The number of rotatable bonds is 10. The quantitative estimate of drug-likeness (QED) is 0.621. The van der Waals surface area contributed by atoms with E-state index < -0.39 is 10.0 Å². The van der Waals surface area contributed by atoms with Crippen LogP contribution in [-0.4, -0.2) is 45.8 Å². The summed E-state index contributed by atoms with van der Waals surface area (Å²) < 4.78 is 36.8. The third-order valence-electron chi connectivity index (χ3n) is 3.72. The Morgan fingerprint density at radius 3 is 2.56 bits per heavy atom. The number of hydrogen-bond donors (Lipinski definition) is 2. The Balaban J connectivity index is 1.78. The van der Waals surface area contributed by atoms with Crippen LogP contribution in [0.5, 0.6) is 11.5 Å². The number of nitrogens with one attached hydrogen (secondary N) is 2. The van der Waals surface area contributed by atoms with Gasteiger partial charge in [-0.05, 0) is 29.3 Å². The van der Waals surface area contributed by atoms with Gasteiger partial charge in [-0.1, -0.05) is 12.1 Å². The Bertz CT molecular complexity index is 857. The van der Waals surface area contributed by atoms with Gasteiger partial charge in [0, 0.05) is 25.5 Å². The topological polar surface area (TPSA) is 107 Å². The lowest BCUT2D eigenvalue weighted by Crippen LogP contribution is -2.34. The molecule has 1 aromatic carbocycles. The van der Waals surface area contributed by atoms with Crippen LogP contribution < -0.4 is 19.5 Å². The third kappa shape index (κ3) is 6.87. The van der Waals surface area contributed by atoms with Gasteiger partial charge in [0.15, 0.2) is 11.5 Å². The highest BCUT2D eigenvalue weighted by Crippen LogP contribution is 2.27. The highest BCUT2D eigenvalue weighted by atomic mass is 32.2. The molecule has 0 fully saturated rings. The number of nitrogens with zero attached hydrogens (tertiary/aromatic N) is 1. The summed E-state index contributed by atoms with van der Waals surface area (Å²) in [6.07, 6.45) is 3.32. The van der Waals surface area contributed by atoms with Crippen LogP contribution in [0.4, 0.5) is 0 Å². The minimum atomic E-state index is -3.50. The molecular weight excluding hydrogens is 370 g/mol. The Labute approximate surface area is 159 Å². The summed E-state index contributed by atoms with van der Waals surface area (Å²) >= 11 is 0. The molecule has 2 aromatic rings. The maximum atomic E-state index is 12.0. The van der Waals surface area contributed by atoms with E-state index in [0.29, 0.717) is 11.5 Å². The van der Waals surface area contributed by atoms with Crippen LogP contribution in [-0.2, 0) is 27.8 Å². The van der Waals surface area contributed by atoms with Gasteiger partial charge in [-0.3, -0.25) is 9.78 Å². The summed E-state index contributed by atoms with van der Waals surface area (Å²) in [7, 11) is -0.443. The third-order valence-corrected chi connectivity index (χ3v) is 5.05. The molecule has 1 amide bonds. The number of carbonyl (C=O) groups is 1. The summed E-state index contributed by atoms with van der Waals surface area (Å²) in [6, 6.07) is 8.70. The van der Waals surface area contributed by atoms with Crippen molar-refractivity contribution in [3.8, 4) is 11.5 Å². The molecule has 0 aliphatic rings. The van der Waals surface area contributed by atoms with E-state index in [9.17, 15) is 13.2 Å². The maximum absolute atomic E-state index is 12.0. The first-order valence-electron chi connectivity index (χ1n) is 8.27. The van der Waals surface area contributed by atoms with Crippen molar-refractivity contribution in [2.75, 3.05) is 26.5 Å². The number of hydrogen-bond acceptors (Lipinski definition) is 6. The van der Waals surface area contributed by atoms with Crippen molar-refractivity contribution in [3.63, 3.8) is 0 Å². The van der Waals surface area contributed by atoms with E-state index in [0.717, 1.165) is 11.1 Å². The second-order valence-corrected chi connectivity index (χ2v) is 7.64. The van der Waals surface area contributed by atoms with Gasteiger partial charge < -0.3 is 14.8 Å².